The first-order valence-corrected chi connectivity index (χ1v) is 13.1. The fourth-order valence-electron chi connectivity index (χ4n) is 4.52. The third-order valence-corrected chi connectivity index (χ3v) is 7.86. The van der Waals surface area contributed by atoms with E-state index in [1.807, 2.05) is 42.5 Å². The van der Waals surface area contributed by atoms with Crippen LogP contribution in [0.25, 0.3) is 10.8 Å². The number of hydrogen-bond acceptors (Lipinski definition) is 4. The number of rotatable bonds is 5. The number of benzene rings is 4. The molecule has 4 aromatic carbocycles. The quantitative estimate of drug-likeness (QED) is 0.412. The van der Waals surface area contributed by atoms with Crippen LogP contribution < -0.4 is 10.0 Å². The number of hydrogen-bond donors (Lipinski definition) is 2. The van der Waals surface area contributed by atoms with Crippen LogP contribution in [0.5, 0.6) is 0 Å². The Kier molecular flexibility index (Phi) is 6.20. The molecular weight excluding hydrogens is 474 g/mol. The van der Waals surface area contributed by atoms with E-state index in [0.717, 1.165) is 16.3 Å². The Balaban J connectivity index is 1.33. The molecule has 5 rings (SSSR count). The van der Waals surface area contributed by atoms with Gasteiger partial charge < -0.3 is 10.2 Å². The molecular formula is C28H25N3O4S. The molecule has 0 saturated carbocycles. The van der Waals surface area contributed by atoms with E-state index in [1.54, 1.807) is 47.4 Å². The first-order chi connectivity index (χ1) is 17.3. The molecule has 2 amide bonds. The zero-order chi connectivity index (χ0) is 25.3. The lowest BCUT2D eigenvalue weighted by atomic mass is 10.00. The molecule has 0 saturated heterocycles. The largest absolute Gasteiger partial charge is 0.338 e. The Morgan fingerprint density at radius 3 is 2.31 bits per heavy atom. The van der Waals surface area contributed by atoms with Crippen molar-refractivity contribution in [1.29, 1.82) is 0 Å². The van der Waals surface area contributed by atoms with E-state index in [-0.39, 0.29) is 23.3 Å². The number of nitrogens with one attached hydrogen (secondary N) is 2. The van der Waals surface area contributed by atoms with Gasteiger partial charge in [0, 0.05) is 37.0 Å². The van der Waals surface area contributed by atoms with Crippen molar-refractivity contribution in [2.24, 2.45) is 0 Å². The zero-order valence-corrected chi connectivity index (χ0v) is 20.5. The second kappa shape index (κ2) is 9.47. The number of fused-ring (bicyclic) bond motifs is 2. The molecule has 1 heterocycles. The summed E-state index contributed by atoms with van der Waals surface area (Å²) in [5, 5.41) is 4.71. The number of carbonyl (C=O) groups excluding carboxylic acids is 2. The van der Waals surface area contributed by atoms with E-state index >= 15 is 0 Å². The third kappa shape index (κ3) is 4.67. The predicted molar refractivity (Wildman–Crippen MR) is 140 cm³/mol. The van der Waals surface area contributed by atoms with Crippen LogP contribution >= 0.6 is 0 Å². The molecule has 1 aliphatic rings. The summed E-state index contributed by atoms with van der Waals surface area (Å²) in [6.45, 7) is 2.33. The lowest BCUT2D eigenvalue weighted by Gasteiger charge is -2.29. The van der Waals surface area contributed by atoms with Crippen LogP contribution in [-0.4, -0.2) is 31.7 Å². The molecule has 0 atom stereocenters. The Morgan fingerprint density at radius 2 is 1.53 bits per heavy atom. The van der Waals surface area contributed by atoms with E-state index in [1.165, 1.54) is 6.92 Å². The minimum atomic E-state index is -3.88. The molecule has 0 fully saturated rings. The smallest absolute Gasteiger partial charge is 0.262 e. The summed E-state index contributed by atoms with van der Waals surface area (Å²) in [6.07, 6.45) is 0.614. The van der Waals surface area contributed by atoms with E-state index < -0.39 is 10.0 Å². The van der Waals surface area contributed by atoms with Gasteiger partial charge in [0.2, 0.25) is 5.91 Å². The van der Waals surface area contributed by atoms with Crippen LogP contribution in [-0.2, 0) is 27.8 Å². The molecule has 8 heteroatoms. The highest BCUT2D eigenvalue weighted by Crippen LogP contribution is 2.28. The van der Waals surface area contributed by atoms with Gasteiger partial charge in [-0.15, -0.1) is 0 Å². The maximum Gasteiger partial charge on any atom is 0.262 e. The molecule has 0 unspecified atom stereocenters. The fraction of sp³-hybridized carbons (Fsp3) is 0.143. The van der Waals surface area contributed by atoms with Gasteiger partial charge in [-0.05, 0) is 64.7 Å². The number of amides is 2. The van der Waals surface area contributed by atoms with E-state index in [9.17, 15) is 18.0 Å². The summed E-state index contributed by atoms with van der Waals surface area (Å²) >= 11 is 0. The van der Waals surface area contributed by atoms with Crippen molar-refractivity contribution in [2.75, 3.05) is 16.6 Å². The lowest BCUT2D eigenvalue weighted by molar-refractivity contribution is -0.129. The van der Waals surface area contributed by atoms with Crippen LogP contribution in [0.4, 0.5) is 11.4 Å². The first kappa shape index (κ1) is 23.6. The standard InChI is InChI=1S/C28H25N3O4S/c1-19(32)31-17-16-21-8-5-11-27(26(21)18-31)36(34,35)30-23-14-12-22(13-15-23)29-28(33)25-10-4-7-20-6-2-3-9-24(20)25/h2-15,30H,16-18H2,1H3,(H,29,33). The predicted octanol–water partition coefficient (Wildman–Crippen LogP) is 4.80. The van der Waals surface area contributed by atoms with Crippen LogP contribution in [0.2, 0.25) is 0 Å². The Labute approximate surface area is 209 Å². The third-order valence-electron chi connectivity index (χ3n) is 6.39. The number of anilines is 2. The van der Waals surface area contributed by atoms with Gasteiger partial charge >= 0.3 is 0 Å². The highest BCUT2D eigenvalue weighted by atomic mass is 32.2. The van der Waals surface area contributed by atoms with Crippen molar-refractivity contribution >= 4 is 44.0 Å². The zero-order valence-electron chi connectivity index (χ0n) is 19.7. The van der Waals surface area contributed by atoms with Gasteiger partial charge in [-0.3, -0.25) is 14.3 Å². The van der Waals surface area contributed by atoms with E-state index in [2.05, 4.69) is 10.0 Å². The summed E-state index contributed by atoms with van der Waals surface area (Å²) in [6, 6.07) is 24.9. The van der Waals surface area contributed by atoms with Crippen molar-refractivity contribution in [3.8, 4) is 0 Å². The second-order valence-electron chi connectivity index (χ2n) is 8.75. The molecule has 7 nitrogen and oxygen atoms in total. The summed E-state index contributed by atoms with van der Waals surface area (Å²) in [4.78, 5) is 26.6. The van der Waals surface area contributed by atoms with Gasteiger partial charge in [-0.1, -0.05) is 48.5 Å². The molecule has 182 valence electrons. The highest BCUT2D eigenvalue weighted by Gasteiger charge is 2.26. The SMILES string of the molecule is CC(=O)N1CCc2cccc(S(=O)(=O)Nc3ccc(NC(=O)c4cccc5ccccc45)cc3)c2C1. The average molecular weight is 500 g/mol. The van der Waals surface area contributed by atoms with Crippen molar-refractivity contribution in [3.05, 3.63) is 102 Å². The molecule has 0 spiro atoms. The van der Waals surface area contributed by atoms with Gasteiger partial charge in [-0.2, -0.15) is 0 Å². The molecule has 0 aliphatic carbocycles. The van der Waals surface area contributed by atoms with Crippen molar-refractivity contribution in [1.82, 2.24) is 4.90 Å². The van der Waals surface area contributed by atoms with Crippen LogP contribution in [0.3, 0.4) is 0 Å². The van der Waals surface area contributed by atoms with Crippen LogP contribution in [0, 0.1) is 0 Å². The fourth-order valence-corrected chi connectivity index (χ4v) is 5.86. The normalized spacial score (nSPS) is 13.2. The molecule has 1 aliphatic heterocycles. The van der Waals surface area contributed by atoms with Crippen molar-refractivity contribution in [3.63, 3.8) is 0 Å². The maximum atomic E-state index is 13.2. The number of carbonyl (C=O) groups is 2. The van der Waals surface area contributed by atoms with Gasteiger partial charge in [0.15, 0.2) is 0 Å². The van der Waals surface area contributed by atoms with Gasteiger partial charge in [0.25, 0.3) is 15.9 Å². The topological polar surface area (TPSA) is 95.6 Å². The van der Waals surface area contributed by atoms with Gasteiger partial charge in [0.1, 0.15) is 0 Å². The maximum absolute atomic E-state index is 13.2. The Hall–Kier alpha value is -4.17. The first-order valence-electron chi connectivity index (χ1n) is 11.6. The van der Waals surface area contributed by atoms with Crippen LogP contribution in [0.15, 0.2) is 89.8 Å². The van der Waals surface area contributed by atoms with E-state index in [0.29, 0.717) is 35.5 Å². The van der Waals surface area contributed by atoms with Crippen LogP contribution in [0.1, 0.15) is 28.4 Å². The summed E-state index contributed by atoms with van der Waals surface area (Å²) in [7, 11) is -3.88. The molecule has 0 radical (unpaired) electrons. The number of nitrogens with zero attached hydrogens (tertiary/aromatic N) is 1. The molecule has 0 bridgehead atoms. The Morgan fingerprint density at radius 1 is 0.833 bits per heavy atom. The second-order valence-corrected chi connectivity index (χ2v) is 10.4. The van der Waals surface area contributed by atoms with Crippen molar-refractivity contribution in [2.45, 2.75) is 24.8 Å². The van der Waals surface area contributed by atoms with Gasteiger partial charge in [-0.25, -0.2) is 8.42 Å². The highest BCUT2D eigenvalue weighted by molar-refractivity contribution is 7.92. The summed E-state index contributed by atoms with van der Waals surface area (Å²) < 4.78 is 29.1. The molecule has 0 aromatic heterocycles. The van der Waals surface area contributed by atoms with Crippen molar-refractivity contribution < 1.29 is 18.0 Å². The summed E-state index contributed by atoms with van der Waals surface area (Å²) in [5.41, 5.74) is 3.05. The molecule has 36 heavy (non-hydrogen) atoms. The Bertz CT molecular complexity index is 1580. The summed E-state index contributed by atoms with van der Waals surface area (Å²) in [5.74, 6) is -0.326. The molecule has 2 N–H and O–H groups in total. The lowest BCUT2D eigenvalue weighted by Crippen LogP contribution is -2.35. The molecule has 4 aromatic rings. The minimum Gasteiger partial charge on any atom is -0.338 e. The number of sulfonamides is 1. The minimum absolute atomic E-state index is 0.0815. The average Bonchev–Trinajstić information content (AvgIpc) is 2.88. The van der Waals surface area contributed by atoms with E-state index in [4.69, 9.17) is 0 Å². The van der Waals surface area contributed by atoms with Gasteiger partial charge in [0.05, 0.1) is 4.90 Å². The monoisotopic (exact) mass is 499 g/mol.